The molecule has 130 valence electrons. The van der Waals surface area contributed by atoms with Crippen molar-refractivity contribution < 1.29 is 13.9 Å². The molecule has 4 rings (SSSR count). The Labute approximate surface area is 148 Å². The number of furan rings is 1. The van der Waals surface area contributed by atoms with Crippen molar-refractivity contribution in [3.8, 4) is 5.75 Å². The Morgan fingerprint density at radius 3 is 2.73 bits per heavy atom. The summed E-state index contributed by atoms with van der Waals surface area (Å²) in [6.45, 7) is 3.87. The van der Waals surface area contributed by atoms with Crippen molar-refractivity contribution in [2.75, 3.05) is 0 Å². The van der Waals surface area contributed by atoms with Gasteiger partial charge in [-0.3, -0.25) is 0 Å². The van der Waals surface area contributed by atoms with Gasteiger partial charge in [-0.15, -0.1) is 10.2 Å². The summed E-state index contributed by atoms with van der Waals surface area (Å²) < 4.78 is 10.9. The van der Waals surface area contributed by atoms with E-state index >= 15 is 0 Å². The Morgan fingerprint density at radius 1 is 1.08 bits per heavy atom. The zero-order valence-electron chi connectivity index (χ0n) is 14.3. The van der Waals surface area contributed by atoms with E-state index in [2.05, 4.69) is 17.2 Å². The van der Waals surface area contributed by atoms with Crippen molar-refractivity contribution in [1.29, 1.82) is 0 Å². The summed E-state index contributed by atoms with van der Waals surface area (Å²) in [5.74, 6) is -0.228. The van der Waals surface area contributed by atoms with Crippen LogP contribution in [0.3, 0.4) is 0 Å². The van der Waals surface area contributed by atoms with Crippen LogP contribution in [-0.4, -0.2) is 5.11 Å². The molecular weight excluding hydrogens is 332 g/mol. The third kappa shape index (κ3) is 2.65. The number of hydrogen-bond acceptors (Lipinski definition) is 6. The molecule has 2 aromatic heterocycles. The van der Waals surface area contributed by atoms with Crippen LogP contribution in [-0.2, 0) is 6.42 Å². The van der Waals surface area contributed by atoms with Crippen LogP contribution >= 0.6 is 0 Å². The Balaban J connectivity index is 1.86. The molecule has 4 aromatic rings. The maximum atomic E-state index is 11.7. The second kappa shape index (κ2) is 6.15. The number of aromatic hydroxyl groups is 1. The van der Waals surface area contributed by atoms with Gasteiger partial charge in [0.2, 0.25) is 0 Å². The van der Waals surface area contributed by atoms with Gasteiger partial charge in [0, 0.05) is 11.5 Å². The minimum absolute atomic E-state index is 0.0291. The van der Waals surface area contributed by atoms with E-state index in [1.807, 2.05) is 31.2 Å². The number of azo groups is 1. The fraction of sp³-hybridized carbons (Fsp3) is 0.150. The van der Waals surface area contributed by atoms with Crippen LogP contribution in [0, 0.1) is 6.92 Å². The van der Waals surface area contributed by atoms with Crippen molar-refractivity contribution in [3.63, 3.8) is 0 Å². The molecular formula is C20H16N2O4. The topological polar surface area (TPSA) is 88.3 Å². The zero-order valence-corrected chi connectivity index (χ0v) is 14.3. The lowest BCUT2D eigenvalue weighted by atomic mass is 10.1. The molecule has 1 N–H and O–H groups in total. The van der Waals surface area contributed by atoms with E-state index in [9.17, 15) is 9.90 Å². The summed E-state index contributed by atoms with van der Waals surface area (Å²) in [5.41, 5.74) is 2.74. The molecule has 6 heteroatoms. The van der Waals surface area contributed by atoms with Crippen LogP contribution in [0.1, 0.15) is 18.1 Å². The van der Waals surface area contributed by atoms with Crippen molar-refractivity contribution in [2.45, 2.75) is 20.3 Å². The smallest absolute Gasteiger partial charge is 0.336 e. The van der Waals surface area contributed by atoms with Crippen LogP contribution in [0.2, 0.25) is 0 Å². The second-order valence-corrected chi connectivity index (χ2v) is 6.04. The van der Waals surface area contributed by atoms with Crippen LogP contribution in [0.25, 0.3) is 21.9 Å². The molecule has 0 saturated carbocycles. The highest BCUT2D eigenvalue weighted by Crippen LogP contribution is 2.42. The molecule has 2 heterocycles. The second-order valence-electron chi connectivity index (χ2n) is 6.04. The largest absolute Gasteiger partial charge is 0.502 e. The first kappa shape index (κ1) is 16.1. The first-order valence-corrected chi connectivity index (χ1v) is 8.26. The summed E-state index contributed by atoms with van der Waals surface area (Å²) in [7, 11) is 0. The van der Waals surface area contributed by atoms with Gasteiger partial charge in [-0.25, -0.2) is 4.79 Å². The lowest BCUT2D eigenvalue weighted by Gasteiger charge is -2.00. The van der Waals surface area contributed by atoms with Gasteiger partial charge in [-0.1, -0.05) is 19.1 Å². The van der Waals surface area contributed by atoms with Crippen LogP contribution in [0.5, 0.6) is 5.75 Å². The van der Waals surface area contributed by atoms with Gasteiger partial charge in [0.25, 0.3) is 5.88 Å². The standard InChI is InChI=1S/C20H16N2O4/c1-3-12-5-4-6-13(10-12)21-22-20-18(24)17-15(25-20)8-7-14-11(2)9-16(23)26-19(14)17/h4-10,24H,3H2,1-2H3. The van der Waals surface area contributed by atoms with E-state index in [4.69, 9.17) is 8.83 Å². The maximum Gasteiger partial charge on any atom is 0.336 e. The molecule has 26 heavy (non-hydrogen) atoms. The monoisotopic (exact) mass is 348 g/mol. The molecule has 0 unspecified atom stereocenters. The number of aryl methyl sites for hydroxylation is 2. The minimum Gasteiger partial charge on any atom is -0.502 e. The lowest BCUT2D eigenvalue weighted by Crippen LogP contribution is -1.97. The van der Waals surface area contributed by atoms with E-state index in [1.54, 1.807) is 12.1 Å². The highest BCUT2D eigenvalue weighted by molar-refractivity contribution is 6.08. The number of benzene rings is 2. The van der Waals surface area contributed by atoms with E-state index < -0.39 is 5.63 Å². The Hall–Kier alpha value is -3.41. The predicted octanol–water partition coefficient (Wildman–Crippen LogP) is 5.53. The molecule has 0 fully saturated rings. The summed E-state index contributed by atoms with van der Waals surface area (Å²) in [4.78, 5) is 11.7. The number of rotatable bonds is 3. The fourth-order valence-corrected chi connectivity index (χ4v) is 2.94. The summed E-state index contributed by atoms with van der Waals surface area (Å²) in [6.07, 6.45) is 0.892. The molecule has 0 radical (unpaired) electrons. The quantitative estimate of drug-likeness (QED) is 0.389. The fourth-order valence-electron chi connectivity index (χ4n) is 2.94. The van der Waals surface area contributed by atoms with E-state index in [0.717, 1.165) is 22.9 Å². The predicted molar refractivity (Wildman–Crippen MR) is 98.7 cm³/mol. The molecule has 0 aliphatic rings. The summed E-state index contributed by atoms with van der Waals surface area (Å²) in [5, 5.41) is 19.8. The molecule has 6 nitrogen and oxygen atoms in total. The van der Waals surface area contributed by atoms with Gasteiger partial charge in [0.1, 0.15) is 11.0 Å². The van der Waals surface area contributed by atoms with E-state index in [0.29, 0.717) is 16.7 Å². The number of hydrogen-bond donors (Lipinski definition) is 1. The Kier molecular flexibility index (Phi) is 3.80. The molecule has 0 atom stereocenters. The van der Waals surface area contributed by atoms with E-state index in [-0.39, 0.29) is 17.2 Å². The number of fused-ring (bicyclic) bond motifs is 3. The molecule has 0 spiro atoms. The van der Waals surface area contributed by atoms with Crippen LogP contribution in [0.15, 0.2) is 66.3 Å². The van der Waals surface area contributed by atoms with Crippen molar-refractivity contribution in [3.05, 3.63) is 64.0 Å². The van der Waals surface area contributed by atoms with Gasteiger partial charge >= 0.3 is 5.63 Å². The summed E-state index contributed by atoms with van der Waals surface area (Å²) >= 11 is 0. The van der Waals surface area contributed by atoms with Gasteiger partial charge in [-0.05, 0) is 48.7 Å². The molecule has 0 aliphatic heterocycles. The molecule has 0 saturated heterocycles. The van der Waals surface area contributed by atoms with Gasteiger partial charge < -0.3 is 13.9 Å². The van der Waals surface area contributed by atoms with Gasteiger partial charge in [-0.2, -0.15) is 0 Å². The molecule has 0 amide bonds. The van der Waals surface area contributed by atoms with Crippen molar-refractivity contribution >= 4 is 33.5 Å². The zero-order chi connectivity index (χ0) is 18.3. The third-order valence-electron chi connectivity index (χ3n) is 4.30. The van der Waals surface area contributed by atoms with Crippen molar-refractivity contribution in [2.24, 2.45) is 10.2 Å². The SMILES string of the molecule is CCc1cccc(N=Nc2oc3ccc4c(C)cc(=O)oc4c3c2O)c1. The lowest BCUT2D eigenvalue weighted by molar-refractivity contribution is 0.467. The Bertz CT molecular complexity index is 1220. The maximum absolute atomic E-state index is 11.7. The molecule has 0 aliphatic carbocycles. The summed E-state index contributed by atoms with van der Waals surface area (Å²) in [6, 6.07) is 12.5. The minimum atomic E-state index is -0.484. The van der Waals surface area contributed by atoms with Crippen LogP contribution < -0.4 is 5.63 Å². The van der Waals surface area contributed by atoms with E-state index in [1.165, 1.54) is 6.07 Å². The third-order valence-corrected chi connectivity index (χ3v) is 4.30. The average molecular weight is 348 g/mol. The average Bonchev–Trinajstić information content (AvgIpc) is 2.96. The first-order valence-electron chi connectivity index (χ1n) is 8.26. The normalized spacial score (nSPS) is 11.8. The Morgan fingerprint density at radius 2 is 1.92 bits per heavy atom. The number of nitrogens with zero attached hydrogens (tertiary/aromatic N) is 2. The van der Waals surface area contributed by atoms with Gasteiger partial charge in [0.15, 0.2) is 11.3 Å². The molecule has 0 bridgehead atoms. The highest BCUT2D eigenvalue weighted by atomic mass is 16.4. The first-order chi connectivity index (χ1) is 12.6. The highest BCUT2D eigenvalue weighted by Gasteiger charge is 2.18. The van der Waals surface area contributed by atoms with Gasteiger partial charge in [0.05, 0.1) is 5.69 Å². The van der Waals surface area contributed by atoms with Crippen LogP contribution in [0.4, 0.5) is 11.6 Å². The molecule has 2 aromatic carbocycles. The van der Waals surface area contributed by atoms with Crippen molar-refractivity contribution in [1.82, 2.24) is 0 Å².